The lowest BCUT2D eigenvalue weighted by Gasteiger charge is -2.33. The van der Waals surface area contributed by atoms with Crippen molar-refractivity contribution in [1.29, 1.82) is 0 Å². The van der Waals surface area contributed by atoms with Crippen molar-refractivity contribution < 1.29 is 8.42 Å². The third kappa shape index (κ3) is 4.64. The zero-order chi connectivity index (χ0) is 15.7. The molecular weight excluding hydrogens is 300 g/mol. The summed E-state index contributed by atoms with van der Waals surface area (Å²) in [6.45, 7) is 10.8. The van der Waals surface area contributed by atoms with Crippen LogP contribution in [-0.2, 0) is 16.6 Å². The van der Waals surface area contributed by atoms with E-state index in [1.54, 1.807) is 4.31 Å². The Morgan fingerprint density at radius 1 is 1.00 bits per heavy atom. The van der Waals surface area contributed by atoms with Crippen LogP contribution < -0.4 is 5.19 Å². The van der Waals surface area contributed by atoms with Crippen molar-refractivity contribution in [3.8, 4) is 0 Å². The molecule has 1 heterocycles. The van der Waals surface area contributed by atoms with Gasteiger partial charge in [-0.3, -0.25) is 4.90 Å². The highest BCUT2D eigenvalue weighted by Gasteiger charge is 2.23. The summed E-state index contributed by atoms with van der Waals surface area (Å²) in [5.74, 6) is 0. The van der Waals surface area contributed by atoms with Crippen molar-refractivity contribution in [3.63, 3.8) is 0 Å². The number of sulfonamides is 1. The molecule has 0 unspecified atom stereocenters. The van der Waals surface area contributed by atoms with Crippen LogP contribution in [0, 0.1) is 0 Å². The molecule has 1 aliphatic rings. The molecule has 0 aromatic heterocycles. The second kappa shape index (κ2) is 6.20. The molecule has 1 fully saturated rings. The van der Waals surface area contributed by atoms with Gasteiger partial charge < -0.3 is 0 Å². The second-order valence-corrected chi connectivity index (χ2v) is 13.9. The average Bonchev–Trinajstić information content (AvgIpc) is 2.38. The lowest BCUT2D eigenvalue weighted by Crippen LogP contribution is -2.47. The zero-order valence-electron chi connectivity index (χ0n) is 13.5. The van der Waals surface area contributed by atoms with E-state index in [2.05, 4.69) is 48.8 Å². The molecule has 1 aromatic rings. The van der Waals surface area contributed by atoms with E-state index in [0.29, 0.717) is 13.1 Å². The molecule has 0 bridgehead atoms. The van der Waals surface area contributed by atoms with Crippen LogP contribution in [0.5, 0.6) is 0 Å². The smallest absolute Gasteiger partial charge is 0.211 e. The summed E-state index contributed by atoms with van der Waals surface area (Å²) in [4.78, 5) is 2.32. The second-order valence-electron chi connectivity index (χ2n) is 6.89. The van der Waals surface area contributed by atoms with E-state index in [0.717, 1.165) is 19.6 Å². The topological polar surface area (TPSA) is 40.6 Å². The van der Waals surface area contributed by atoms with Gasteiger partial charge in [0.1, 0.15) is 0 Å². The minimum atomic E-state index is -3.03. The van der Waals surface area contributed by atoms with Gasteiger partial charge in [-0.05, 0) is 5.56 Å². The van der Waals surface area contributed by atoms with Gasteiger partial charge in [0.05, 0.1) is 14.3 Å². The van der Waals surface area contributed by atoms with Crippen LogP contribution in [0.1, 0.15) is 5.56 Å². The van der Waals surface area contributed by atoms with Gasteiger partial charge in [-0.2, -0.15) is 4.31 Å². The summed E-state index contributed by atoms with van der Waals surface area (Å²) in [6.07, 6.45) is 1.29. The first-order valence-electron chi connectivity index (χ1n) is 7.43. The van der Waals surface area contributed by atoms with Gasteiger partial charge in [-0.15, -0.1) is 0 Å². The lowest BCUT2D eigenvalue weighted by atomic mass is 10.2. The van der Waals surface area contributed by atoms with Gasteiger partial charge >= 0.3 is 0 Å². The van der Waals surface area contributed by atoms with Crippen LogP contribution in [0.15, 0.2) is 24.3 Å². The van der Waals surface area contributed by atoms with Gasteiger partial charge in [0.15, 0.2) is 0 Å². The Morgan fingerprint density at radius 2 is 1.52 bits per heavy atom. The molecule has 2 rings (SSSR count). The molecule has 4 nitrogen and oxygen atoms in total. The summed E-state index contributed by atoms with van der Waals surface area (Å²) in [5, 5.41) is 1.48. The molecule has 1 aromatic carbocycles. The van der Waals surface area contributed by atoms with Crippen molar-refractivity contribution in [3.05, 3.63) is 29.8 Å². The summed E-state index contributed by atoms with van der Waals surface area (Å²) in [5.41, 5.74) is 1.31. The molecule has 118 valence electrons. The maximum atomic E-state index is 11.5. The van der Waals surface area contributed by atoms with E-state index >= 15 is 0 Å². The Labute approximate surface area is 129 Å². The van der Waals surface area contributed by atoms with E-state index in [1.165, 1.54) is 17.0 Å². The molecule has 0 atom stereocenters. The maximum absolute atomic E-state index is 11.5. The van der Waals surface area contributed by atoms with Crippen molar-refractivity contribution in [2.75, 3.05) is 32.4 Å². The fraction of sp³-hybridized carbons (Fsp3) is 0.600. The quantitative estimate of drug-likeness (QED) is 0.783. The molecule has 0 spiro atoms. The molecular formula is C15H26N2O2SSi. The standard InChI is InChI=1S/C15H26N2O2SSi/c1-20(18,19)17-11-9-16(10-12-17)13-14-5-7-15(8-6-14)21(2,3)4/h5-8H,9-13H2,1-4H3. The van der Waals surface area contributed by atoms with Gasteiger partial charge in [0.2, 0.25) is 10.0 Å². The van der Waals surface area contributed by atoms with Gasteiger partial charge in [0.25, 0.3) is 0 Å². The van der Waals surface area contributed by atoms with Gasteiger partial charge in [-0.25, -0.2) is 8.42 Å². The Bertz CT molecular complexity index is 571. The Morgan fingerprint density at radius 3 is 1.95 bits per heavy atom. The number of nitrogens with zero attached hydrogens (tertiary/aromatic N) is 2. The highest BCUT2D eigenvalue weighted by molar-refractivity contribution is 7.88. The third-order valence-electron chi connectivity index (χ3n) is 4.03. The first kappa shape index (κ1) is 16.7. The van der Waals surface area contributed by atoms with Crippen LogP contribution in [0.4, 0.5) is 0 Å². The minimum Gasteiger partial charge on any atom is -0.296 e. The highest BCUT2D eigenvalue weighted by Crippen LogP contribution is 2.11. The van der Waals surface area contributed by atoms with E-state index in [1.807, 2.05) is 0 Å². The van der Waals surface area contributed by atoms with Gasteiger partial charge in [-0.1, -0.05) is 49.1 Å². The van der Waals surface area contributed by atoms with Crippen molar-refractivity contribution in [2.45, 2.75) is 26.2 Å². The number of rotatable bonds is 4. The number of hydrogen-bond acceptors (Lipinski definition) is 3. The SMILES string of the molecule is C[Si](C)(C)c1ccc(CN2CCN(S(C)(=O)=O)CC2)cc1. The summed E-state index contributed by atoms with van der Waals surface area (Å²) in [6, 6.07) is 8.95. The zero-order valence-corrected chi connectivity index (χ0v) is 15.3. The summed E-state index contributed by atoms with van der Waals surface area (Å²) < 4.78 is 24.6. The van der Waals surface area contributed by atoms with E-state index in [9.17, 15) is 8.42 Å². The normalized spacial score (nSPS) is 18.9. The van der Waals surface area contributed by atoms with Crippen LogP contribution in [-0.4, -0.2) is 58.1 Å². The van der Waals surface area contributed by atoms with E-state index in [4.69, 9.17) is 0 Å². The molecule has 1 saturated heterocycles. The Hall–Kier alpha value is -0.693. The largest absolute Gasteiger partial charge is 0.296 e. The lowest BCUT2D eigenvalue weighted by molar-refractivity contribution is 0.182. The van der Waals surface area contributed by atoms with Crippen molar-refractivity contribution in [2.24, 2.45) is 0 Å². The van der Waals surface area contributed by atoms with Crippen molar-refractivity contribution >= 4 is 23.3 Å². The maximum Gasteiger partial charge on any atom is 0.211 e. The summed E-state index contributed by atoms with van der Waals surface area (Å²) in [7, 11) is -4.26. The molecule has 0 radical (unpaired) electrons. The summed E-state index contributed by atoms with van der Waals surface area (Å²) >= 11 is 0. The molecule has 0 aliphatic carbocycles. The van der Waals surface area contributed by atoms with Crippen LogP contribution in [0.3, 0.4) is 0 Å². The predicted octanol–water partition coefficient (Wildman–Crippen LogP) is 1.31. The molecule has 0 N–H and O–H groups in total. The van der Waals surface area contributed by atoms with Crippen molar-refractivity contribution in [1.82, 2.24) is 9.21 Å². The Balaban J connectivity index is 1.92. The molecule has 1 aliphatic heterocycles. The van der Waals surface area contributed by atoms with E-state index < -0.39 is 18.1 Å². The predicted molar refractivity (Wildman–Crippen MR) is 91.1 cm³/mol. The van der Waals surface area contributed by atoms with Crippen LogP contribution in [0.25, 0.3) is 0 Å². The third-order valence-corrected chi connectivity index (χ3v) is 7.39. The Kier molecular flexibility index (Phi) is 4.92. The highest BCUT2D eigenvalue weighted by atomic mass is 32.2. The number of hydrogen-bond donors (Lipinski definition) is 0. The average molecular weight is 327 g/mol. The number of benzene rings is 1. The first-order chi connectivity index (χ1) is 9.66. The van der Waals surface area contributed by atoms with Crippen LogP contribution in [0.2, 0.25) is 19.6 Å². The fourth-order valence-electron chi connectivity index (χ4n) is 2.59. The first-order valence-corrected chi connectivity index (χ1v) is 12.8. The van der Waals surface area contributed by atoms with Gasteiger partial charge in [0, 0.05) is 32.7 Å². The number of piperazine rings is 1. The molecule has 0 saturated carbocycles. The minimum absolute atomic E-state index is 0.603. The van der Waals surface area contributed by atoms with Crippen LogP contribution >= 0.6 is 0 Å². The molecule has 0 amide bonds. The molecule has 21 heavy (non-hydrogen) atoms. The fourth-order valence-corrected chi connectivity index (χ4v) is 4.58. The molecule has 6 heteroatoms. The monoisotopic (exact) mass is 326 g/mol. The van der Waals surface area contributed by atoms with E-state index in [-0.39, 0.29) is 0 Å².